The molecule has 1 aromatic rings. The summed E-state index contributed by atoms with van der Waals surface area (Å²) in [5.74, 6) is -0.497. The van der Waals surface area contributed by atoms with E-state index < -0.39 is 10.7 Å². The van der Waals surface area contributed by atoms with Crippen molar-refractivity contribution in [1.29, 1.82) is 0 Å². The SMILES string of the molecule is O=[N+]([O-])c1cc(F)c(Cl)cc1N1CCCC(CCO)C1. The predicted octanol–water partition coefficient (Wildman–Crippen LogP) is 2.99. The van der Waals surface area contributed by atoms with Crippen LogP contribution < -0.4 is 4.90 Å². The maximum absolute atomic E-state index is 13.4. The van der Waals surface area contributed by atoms with Gasteiger partial charge in [0.25, 0.3) is 5.69 Å². The molecule has 1 atom stereocenters. The first-order valence-electron chi connectivity index (χ1n) is 6.52. The predicted molar refractivity (Wildman–Crippen MR) is 74.7 cm³/mol. The van der Waals surface area contributed by atoms with Crippen molar-refractivity contribution in [2.75, 3.05) is 24.6 Å². The van der Waals surface area contributed by atoms with E-state index in [0.29, 0.717) is 25.2 Å². The number of hydrogen-bond donors (Lipinski definition) is 1. The van der Waals surface area contributed by atoms with Crippen LogP contribution in [0.1, 0.15) is 19.3 Å². The largest absolute Gasteiger partial charge is 0.396 e. The Morgan fingerprint density at radius 1 is 1.55 bits per heavy atom. The molecule has 0 saturated carbocycles. The highest BCUT2D eigenvalue weighted by atomic mass is 35.5. The zero-order chi connectivity index (χ0) is 14.7. The van der Waals surface area contributed by atoms with Crippen LogP contribution in [0.2, 0.25) is 5.02 Å². The van der Waals surface area contributed by atoms with E-state index in [2.05, 4.69) is 0 Å². The van der Waals surface area contributed by atoms with Crippen LogP contribution >= 0.6 is 11.6 Å². The number of anilines is 1. The average Bonchev–Trinajstić information content (AvgIpc) is 2.42. The van der Waals surface area contributed by atoms with E-state index in [1.807, 2.05) is 4.90 Å². The molecule has 0 bridgehead atoms. The Morgan fingerprint density at radius 3 is 2.95 bits per heavy atom. The van der Waals surface area contributed by atoms with Crippen LogP contribution in [-0.4, -0.2) is 29.7 Å². The number of halogens is 2. The smallest absolute Gasteiger partial charge is 0.295 e. The molecule has 1 fully saturated rings. The first-order chi connectivity index (χ1) is 9.52. The molecule has 1 unspecified atom stereocenters. The molecule has 110 valence electrons. The van der Waals surface area contributed by atoms with Crippen molar-refractivity contribution in [1.82, 2.24) is 0 Å². The van der Waals surface area contributed by atoms with Gasteiger partial charge in [0.2, 0.25) is 0 Å². The number of nitro groups is 1. The third kappa shape index (κ3) is 3.19. The molecule has 0 spiro atoms. The number of rotatable bonds is 4. The lowest BCUT2D eigenvalue weighted by Crippen LogP contribution is -2.36. The van der Waals surface area contributed by atoms with Crippen molar-refractivity contribution in [2.45, 2.75) is 19.3 Å². The average molecular weight is 303 g/mol. The molecule has 0 radical (unpaired) electrons. The molecule has 1 N–H and O–H groups in total. The molecule has 7 heteroatoms. The molecular formula is C13H16ClFN2O3. The van der Waals surface area contributed by atoms with Crippen molar-refractivity contribution in [3.63, 3.8) is 0 Å². The van der Waals surface area contributed by atoms with Crippen molar-refractivity contribution in [2.24, 2.45) is 5.92 Å². The Kier molecular flexibility index (Phi) is 4.77. The molecule has 2 rings (SSSR count). The van der Waals surface area contributed by atoms with E-state index in [1.54, 1.807) is 0 Å². The van der Waals surface area contributed by atoms with E-state index in [-0.39, 0.29) is 23.2 Å². The highest BCUT2D eigenvalue weighted by Gasteiger charge is 2.26. The minimum atomic E-state index is -0.786. The van der Waals surface area contributed by atoms with Gasteiger partial charge in [0, 0.05) is 19.7 Å². The summed E-state index contributed by atoms with van der Waals surface area (Å²) in [6.45, 7) is 1.39. The number of nitro benzene ring substituents is 1. The first-order valence-corrected chi connectivity index (χ1v) is 6.90. The summed E-state index contributed by atoms with van der Waals surface area (Å²) in [4.78, 5) is 12.3. The van der Waals surface area contributed by atoms with Gasteiger partial charge in [0.05, 0.1) is 16.0 Å². The Bertz CT molecular complexity index is 511. The van der Waals surface area contributed by atoms with Gasteiger partial charge in [-0.2, -0.15) is 0 Å². The fourth-order valence-electron chi connectivity index (χ4n) is 2.63. The van der Waals surface area contributed by atoms with Gasteiger partial charge in [-0.25, -0.2) is 4.39 Å². The van der Waals surface area contributed by atoms with Gasteiger partial charge in [-0.3, -0.25) is 10.1 Å². The highest BCUT2D eigenvalue weighted by molar-refractivity contribution is 6.31. The molecule has 5 nitrogen and oxygen atoms in total. The molecule has 1 aliphatic heterocycles. The topological polar surface area (TPSA) is 66.6 Å². The quantitative estimate of drug-likeness (QED) is 0.686. The van der Waals surface area contributed by atoms with Crippen LogP contribution in [-0.2, 0) is 0 Å². The third-order valence-electron chi connectivity index (χ3n) is 3.61. The number of piperidine rings is 1. The molecule has 0 amide bonds. The Labute approximate surface area is 121 Å². The maximum Gasteiger partial charge on any atom is 0.295 e. The fourth-order valence-corrected chi connectivity index (χ4v) is 2.79. The molecule has 0 aliphatic carbocycles. The van der Waals surface area contributed by atoms with Gasteiger partial charge >= 0.3 is 0 Å². The maximum atomic E-state index is 13.4. The van der Waals surface area contributed by atoms with Crippen LogP contribution in [0.4, 0.5) is 15.8 Å². The zero-order valence-electron chi connectivity index (χ0n) is 10.9. The monoisotopic (exact) mass is 302 g/mol. The zero-order valence-corrected chi connectivity index (χ0v) is 11.6. The van der Waals surface area contributed by atoms with Gasteiger partial charge in [0.1, 0.15) is 11.5 Å². The first kappa shape index (κ1) is 15.0. The van der Waals surface area contributed by atoms with Gasteiger partial charge in [-0.1, -0.05) is 11.6 Å². The van der Waals surface area contributed by atoms with Crippen LogP contribution in [0.25, 0.3) is 0 Å². The summed E-state index contributed by atoms with van der Waals surface area (Å²) in [7, 11) is 0. The van der Waals surface area contributed by atoms with Crippen LogP contribution in [0, 0.1) is 21.8 Å². The van der Waals surface area contributed by atoms with Crippen LogP contribution in [0.3, 0.4) is 0 Å². The molecule has 1 aliphatic rings. The molecule has 1 heterocycles. The summed E-state index contributed by atoms with van der Waals surface area (Å²) in [6, 6.07) is 2.18. The minimum absolute atomic E-state index is 0.102. The summed E-state index contributed by atoms with van der Waals surface area (Å²) in [5.41, 5.74) is 0.0839. The lowest BCUT2D eigenvalue weighted by molar-refractivity contribution is -0.384. The van der Waals surface area contributed by atoms with Crippen molar-refractivity contribution in [3.8, 4) is 0 Å². The van der Waals surface area contributed by atoms with Crippen LogP contribution in [0.15, 0.2) is 12.1 Å². The molecule has 20 heavy (non-hydrogen) atoms. The summed E-state index contributed by atoms with van der Waals surface area (Å²) in [6.07, 6.45) is 2.54. The van der Waals surface area contributed by atoms with Gasteiger partial charge in [-0.15, -0.1) is 0 Å². The lowest BCUT2D eigenvalue weighted by atomic mass is 9.94. The van der Waals surface area contributed by atoms with Crippen LogP contribution in [0.5, 0.6) is 0 Å². The number of aliphatic hydroxyl groups excluding tert-OH is 1. The van der Waals surface area contributed by atoms with Gasteiger partial charge in [-0.05, 0) is 31.2 Å². The second-order valence-electron chi connectivity index (χ2n) is 4.98. The Morgan fingerprint density at radius 2 is 2.30 bits per heavy atom. The van der Waals surface area contributed by atoms with E-state index >= 15 is 0 Å². The Balaban J connectivity index is 2.31. The fraction of sp³-hybridized carbons (Fsp3) is 0.538. The molecule has 1 saturated heterocycles. The van der Waals surface area contributed by atoms with Crippen molar-refractivity contribution in [3.05, 3.63) is 33.1 Å². The molecule has 1 aromatic carbocycles. The van der Waals surface area contributed by atoms with E-state index in [9.17, 15) is 14.5 Å². The third-order valence-corrected chi connectivity index (χ3v) is 3.90. The number of hydrogen-bond acceptors (Lipinski definition) is 4. The number of aliphatic hydroxyl groups is 1. The second kappa shape index (κ2) is 6.37. The second-order valence-corrected chi connectivity index (χ2v) is 5.39. The normalized spacial score (nSPS) is 19.1. The minimum Gasteiger partial charge on any atom is -0.396 e. The standard InChI is InChI=1S/C13H16ClFN2O3/c14-10-6-12(13(17(19)20)7-11(10)15)16-4-1-2-9(8-16)3-5-18/h6-7,9,18H,1-5,8H2. The van der Waals surface area contributed by atoms with E-state index in [1.165, 1.54) is 6.07 Å². The molecule has 0 aromatic heterocycles. The van der Waals surface area contributed by atoms with Crippen molar-refractivity contribution >= 4 is 23.0 Å². The highest BCUT2D eigenvalue weighted by Crippen LogP contribution is 2.35. The van der Waals surface area contributed by atoms with Gasteiger partial charge in [0.15, 0.2) is 0 Å². The number of benzene rings is 1. The summed E-state index contributed by atoms with van der Waals surface area (Å²) >= 11 is 5.74. The summed E-state index contributed by atoms with van der Waals surface area (Å²) in [5, 5.41) is 19.9. The van der Waals surface area contributed by atoms with Crippen molar-refractivity contribution < 1.29 is 14.4 Å². The molecular weight excluding hydrogens is 287 g/mol. The van der Waals surface area contributed by atoms with E-state index in [4.69, 9.17) is 16.7 Å². The van der Waals surface area contributed by atoms with E-state index in [0.717, 1.165) is 18.9 Å². The lowest BCUT2D eigenvalue weighted by Gasteiger charge is -2.34. The number of nitrogens with zero attached hydrogens (tertiary/aromatic N) is 2. The Hall–Kier alpha value is -1.40. The summed E-state index contributed by atoms with van der Waals surface area (Å²) < 4.78 is 13.4. The van der Waals surface area contributed by atoms with Gasteiger partial charge < -0.3 is 10.0 Å².